The lowest BCUT2D eigenvalue weighted by molar-refractivity contribution is 0.0738. The number of aryl methyl sites for hydroxylation is 2. The third-order valence-corrected chi connectivity index (χ3v) is 6.85. The quantitative estimate of drug-likeness (QED) is 0.604. The second-order valence-electron chi connectivity index (χ2n) is 8.82. The maximum atomic E-state index is 6.63. The van der Waals surface area contributed by atoms with Crippen molar-refractivity contribution in [3.8, 4) is 11.5 Å². The van der Waals surface area contributed by atoms with Crippen molar-refractivity contribution in [2.45, 2.75) is 58.0 Å². The van der Waals surface area contributed by atoms with E-state index >= 15 is 0 Å². The first-order valence-electron chi connectivity index (χ1n) is 11.6. The van der Waals surface area contributed by atoms with Crippen molar-refractivity contribution in [3.05, 3.63) is 34.6 Å². The highest BCUT2D eigenvalue weighted by atomic mass is 35.5. The van der Waals surface area contributed by atoms with Crippen LogP contribution in [0.15, 0.2) is 22.7 Å². The molecule has 0 amide bonds. The van der Waals surface area contributed by atoms with Crippen molar-refractivity contribution >= 4 is 28.3 Å². The molecular weight excluding hydrogens is 426 g/mol. The van der Waals surface area contributed by atoms with E-state index in [0.717, 1.165) is 80.7 Å². The molecule has 170 valence electrons. The van der Waals surface area contributed by atoms with E-state index in [1.165, 1.54) is 5.56 Å². The second-order valence-corrected chi connectivity index (χ2v) is 9.23. The summed E-state index contributed by atoms with van der Waals surface area (Å²) in [6.45, 7) is 7.53. The summed E-state index contributed by atoms with van der Waals surface area (Å²) >= 11 is 6.63. The molecule has 0 spiro atoms. The average Bonchev–Trinajstić information content (AvgIpc) is 3.25. The molecule has 0 unspecified atom stereocenters. The van der Waals surface area contributed by atoms with E-state index in [-0.39, 0.29) is 0 Å². The minimum atomic E-state index is 0.507. The number of nitrogens with one attached hydrogen (secondary N) is 1. The van der Waals surface area contributed by atoms with Crippen LogP contribution in [0.1, 0.15) is 44.0 Å². The predicted octanol–water partition coefficient (Wildman–Crippen LogP) is 4.55. The molecule has 5 rings (SSSR count). The molecule has 2 saturated heterocycles. The second kappa shape index (κ2) is 9.33. The Morgan fingerprint density at radius 1 is 1.06 bits per heavy atom. The standard InChI is InChI=1S/C24H30ClN5O2/c1-3-16-12-17-14-20(24-26-15(2)29-32-24)23(28-22(17)21(25)13-16)30-8-4-18(5-9-30)27-19-6-10-31-11-7-19/h12-14,18-19,27H,3-11H2,1-2H3. The van der Waals surface area contributed by atoms with Gasteiger partial charge in [-0.25, -0.2) is 4.98 Å². The summed E-state index contributed by atoms with van der Waals surface area (Å²) < 4.78 is 11.0. The summed E-state index contributed by atoms with van der Waals surface area (Å²) in [6, 6.07) is 7.36. The summed E-state index contributed by atoms with van der Waals surface area (Å²) in [7, 11) is 0. The van der Waals surface area contributed by atoms with E-state index < -0.39 is 0 Å². The van der Waals surface area contributed by atoms with Crippen LogP contribution < -0.4 is 10.2 Å². The van der Waals surface area contributed by atoms with Crippen LogP contribution in [-0.4, -0.2) is 53.5 Å². The van der Waals surface area contributed by atoms with Gasteiger partial charge in [0.1, 0.15) is 5.82 Å². The molecule has 0 radical (unpaired) electrons. The van der Waals surface area contributed by atoms with E-state index in [0.29, 0.717) is 28.8 Å². The van der Waals surface area contributed by atoms with Crippen LogP contribution in [0.3, 0.4) is 0 Å². The number of anilines is 1. The number of benzene rings is 1. The number of hydrogen-bond acceptors (Lipinski definition) is 7. The van der Waals surface area contributed by atoms with Crippen molar-refractivity contribution in [2.24, 2.45) is 0 Å². The van der Waals surface area contributed by atoms with E-state index in [2.05, 4.69) is 39.4 Å². The third-order valence-electron chi connectivity index (χ3n) is 6.56. The fourth-order valence-corrected chi connectivity index (χ4v) is 5.05. The number of pyridine rings is 1. The summed E-state index contributed by atoms with van der Waals surface area (Å²) in [5, 5.41) is 9.54. The highest BCUT2D eigenvalue weighted by Gasteiger charge is 2.27. The lowest BCUT2D eigenvalue weighted by atomic mass is 10.0. The molecule has 3 aromatic rings. The lowest BCUT2D eigenvalue weighted by Crippen LogP contribution is -2.48. The van der Waals surface area contributed by atoms with Gasteiger partial charge in [0.2, 0.25) is 0 Å². The lowest BCUT2D eigenvalue weighted by Gasteiger charge is -2.36. The first-order valence-corrected chi connectivity index (χ1v) is 12.0. The molecule has 2 aromatic heterocycles. The zero-order valence-electron chi connectivity index (χ0n) is 18.7. The summed E-state index contributed by atoms with van der Waals surface area (Å²) in [6.07, 6.45) is 5.26. The van der Waals surface area contributed by atoms with Crippen LogP contribution in [0.5, 0.6) is 0 Å². The fourth-order valence-electron chi connectivity index (χ4n) is 4.76. The van der Waals surface area contributed by atoms with E-state index in [1.54, 1.807) is 0 Å². The van der Waals surface area contributed by atoms with Gasteiger partial charge in [-0.1, -0.05) is 23.7 Å². The number of rotatable bonds is 5. The minimum Gasteiger partial charge on any atom is -0.381 e. The molecule has 0 aliphatic carbocycles. The van der Waals surface area contributed by atoms with Crippen molar-refractivity contribution in [1.82, 2.24) is 20.4 Å². The van der Waals surface area contributed by atoms with Crippen LogP contribution in [0, 0.1) is 6.92 Å². The molecule has 2 aliphatic rings. The first kappa shape index (κ1) is 21.6. The third kappa shape index (κ3) is 4.47. The van der Waals surface area contributed by atoms with Crippen molar-refractivity contribution in [3.63, 3.8) is 0 Å². The van der Waals surface area contributed by atoms with Crippen LogP contribution in [-0.2, 0) is 11.2 Å². The summed E-state index contributed by atoms with van der Waals surface area (Å²) in [4.78, 5) is 11.9. The molecule has 0 atom stereocenters. The molecule has 4 heterocycles. The van der Waals surface area contributed by atoms with Crippen molar-refractivity contribution in [2.75, 3.05) is 31.2 Å². The van der Waals surface area contributed by atoms with Gasteiger partial charge in [-0.2, -0.15) is 4.98 Å². The molecule has 7 nitrogen and oxygen atoms in total. The monoisotopic (exact) mass is 455 g/mol. The Balaban J connectivity index is 1.44. The Morgan fingerprint density at radius 2 is 1.81 bits per heavy atom. The molecule has 1 N–H and O–H groups in total. The van der Waals surface area contributed by atoms with E-state index in [1.807, 2.05) is 13.0 Å². The van der Waals surface area contributed by atoms with Gasteiger partial charge in [0.05, 0.1) is 16.1 Å². The Labute approximate surface area is 193 Å². The summed E-state index contributed by atoms with van der Waals surface area (Å²) in [5.74, 6) is 2.00. The molecule has 2 aliphatic heterocycles. The van der Waals surface area contributed by atoms with E-state index in [4.69, 9.17) is 25.8 Å². The first-order chi connectivity index (χ1) is 15.6. The van der Waals surface area contributed by atoms with Gasteiger partial charge >= 0.3 is 0 Å². The number of aromatic nitrogens is 3. The van der Waals surface area contributed by atoms with Crippen molar-refractivity contribution < 1.29 is 9.26 Å². The fraction of sp³-hybridized carbons (Fsp3) is 0.542. The number of nitrogens with zero attached hydrogens (tertiary/aromatic N) is 4. The number of hydrogen-bond donors (Lipinski definition) is 1. The number of halogens is 1. The zero-order valence-corrected chi connectivity index (χ0v) is 19.5. The number of fused-ring (bicyclic) bond motifs is 1. The highest BCUT2D eigenvalue weighted by Crippen LogP contribution is 2.36. The molecule has 32 heavy (non-hydrogen) atoms. The molecule has 1 aromatic carbocycles. The SMILES string of the molecule is CCc1cc(Cl)c2nc(N3CCC(NC4CCOCC4)CC3)c(-c3nc(C)no3)cc2c1. The van der Waals surface area contributed by atoms with Gasteiger partial charge in [-0.3, -0.25) is 0 Å². The van der Waals surface area contributed by atoms with E-state index in [9.17, 15) is 0 Å². The maximum Gasteiger partial charge on any atom is 0.261 e. The average molecular weight is 456 g/mol. The van der Waals surface area contributed by atoms with Crippen molar-refractivity contribution in [1.29, 1.82) is 0 Å². The maximum absolute atomic E-state index is 6.63. The van der Waals surface area contributed by atoms with Gasteiger partial charge < -0.3 is 19.5 Å². The summed E-state index contributed by atoms with van der Waals surface area (Å²) in [5.41, 5.74) is 2.88. The zero-order chi connectivity index (χ0) is 22.1. The molecule has 2 fully saturated rings. The van der Waals surface area contributed by atoms with Gasteiger partial charge in [0.25, 0.3) is 5.89 Å². The van der Waals surface area contributed by atoms with Crippen LogP contribution >= 0.6 is 11.6 Å². The Hall–Kier alpha value is -2.22. The number of ether oxygens (including phenoxy) is 1. The molecule has 0 bridgehead atoms. The Kier molecular flexibility index (Phi) is 6.31. The van der Waals surface area contributed by atoms with Crippen LogP contribution in [0.4, 0.5) is 5.82 Å². The minimum absolute atomic E-state index is 0.507. The van der Waals surface area contributed by atoms with Gasteiger partial charge in [-0.05, 0) is 62.8 Å². The largest absolute Gasteiger partial charge is 0.381 e. The highest BCUT2D eigenvalue weighted by molar-refractivity contribution is 6.35. The van der Waals surface area contributed by atoms with Crippen LogP contribution in [0.25, 0.3) is 22.4 Å². The van der Waals surface area contributed by atoms with Gasteiger partial charge in [0, 0.05) is 43.8 Å². The van der Waals surface area contributed by atoms with Gasteiger partial charge in [0.15, 0.2) is 5.82 Å². The molecular formula is C24H30ClN5O2. The Bertz CT molecular complexity index is 1090. The predicted molar refractivity (Wildman–Crippen MR) is 126 cm³/mol. The van der Waals surface area contributed by atoms with Crippen LogP contribution in [0.2, 0.25) is 5.02 Å². The Morgan fingerprint density at radius 3 is 2.50 bits per heavy atom. The normalized spacial score (nSPS) is 18.5. The van der Waals surface area contributed by atoms with Gasteiger partial charge in [-0.15, -0.1) is 0 Å². The molecule has 0 saturated carbocycles. The topological polar surface area (TPSA) is 76.3 Å². The molecule has 8 heteroatoms. The number of piperidine rings is 1. The smallest absolute Gasteiger partial charge is 0.261 e.